The number of rotatable bonds is 3. The van der Waals surface area contributed by atoms with Gasteiger partial charge in [-0.05, 0) is 0 Å². The van der Waals surface area contributed by atoms with Crippen LogP contribution in [0.1, 0.15) is 0 Å². The van der Waals surface area contributed by atoms with Crippen LogP contribution in [0.25, 0.3) is 0 Å². The number of hydrogen-bond acceptors (Lipinski definition) is 3. The predicted octanol–water partition coefficient (Wildman–Crippen LogP) is 0.651. The molecule has 0 heterocycles. The average Bonchev–Trinajstić information content (AvgIpc) is 1.67. The van der Waals surface area contributed by atoms with Crippen molar-refractivity contribution in [1.82, 2.24) is 0 Å². The van der Waals surface area contributed by atoms with Crippen LogP contribution in [0.4, 0.5) is 0 Å². The first-order valence-electron chi connectivity index (χ1n) is 2.04. The molecule has 58 valence electrons. The van der Waals surface area contributed by atoms with Gasteiger partial charge < -0.3 is 21.4 Å². The van der Waals surface area contributed by atoms with E-state index in [9.17, 15) is 9.46 Å². The summed E-state index contributed by atoms with van der Waals surface area (Å²) < 4.78 is 14.5. The Labute approximate surface area is 86.3 Å². The third kappa shape index (κ3) is 9.40. The van der Waals surface area contributed by atoms with Crippen molar-refractivity contribution in [3.8, 4) is 0 Å². The van der Waals surface area contributed by atoms with Crippen LogP contribution in [0.2, 0.25) is 0 Å². The molecule has 0 amide bonds. The molecule has 0 radical (unpaired) electrons. The summed E-state index contributed by atoms with van der Waals surface area (Å²) in [5.74, 6) is 0. The molecule has 6 heteroatoms. The molecule has 1 atom stereocenters. The molecule has 10 heavy (non-hydrogen) atoms. The second-order valence-electron chi connectivity index (χ2n) is 1.21. The molecule has 0 saturated heterocycles. The Balaban J connectivity index is -0.000000245. The normalized spacial score (nSPS) is 14.3. The van der Waals surface area contributed by atoms with Crippen LogP contribution in [-0.2, 0) is 9.09 Å². The Morgan fingerprint density at radius 1 is 1.70 bits per heavy atom. The van der Waals surface area contributed by atoms with Crippen molar-refractivity contribution >= 4 is 46.6 Å². The average molecular weight is 241 g/mol. The van der Waals surface area contributed by atoms with Crippen molar-refractivity contribution < 1.29 is 14.0 Å². The molecule has 0 aromatic heterocycles. The first-order chi connectivity index (χ1) is 3.62. The summed E-state index contributed by atoms with van der Waals surface area (Å²) in [5.41, 5.74) is 0. The molecule has 0 aromatic rings. The van der Waals surface area contributed by atoms with Crippen LogP contribution in [0, 0.1) is 7.43 Å². The third-order valence-corrected chi connectivity index (χ3v) is 2.97. The van der Waals surface area contributed by atoms with E-state index in [-0.39, 0.29) is 36.6 Å². The molecular formula is C4H10BrMgO3P. The van der Waals surface area contributed by atoms with Gasteiger partial charge in [0.2, 0.25) is 0 Å². The number of alkyl halides is 1. The summed E-state index contributed by atoms with van der Waals surface area (Å²) in [6.07, 6.45) is 0.0590. The van der Waals surface area contributed by atoms with E-state index in [4.69, 9.17) is 0 Å². The molecule has 0 aliphatic heterocycles. The summed E-state index contributed by atoms with van der Waals surface area (Å²) in [5, 5.41) is 0.432. The van der Waals surface area contributed by atoms with Crippen molar-refractivity contribution in [3.63, 3.8) is 0 Å². The molecule has 0 rings (SSSR count). The van der Waals surface area contributed by atoms with E-state index in [1.54, 1.807) is 0 Å². The Hall–Kier alpha value is 1.40. The first kappa shape index (κ1) is 17.5. The van der Waals surface area contributed by atoms with Gasteiger partial charge in [-0.15, -0.1) is 0 Å². The minimum absolute atomic E-state index is 0. The predicted molar refractivity (Wildman–Crippen MR) is 45.4 cm³/mol. The van der Waals surface area contributed by atoms with Crippen molar-refractivity contribution in [3.05, 3.63) is 7.43 Å². The topological polar surface area (TPSA) is 49.4 Å². The smallest absolute Gasteiger partial charge is 0.778 e. The Bertz CT molecular complexity index is 111. The fraction of sp³-hybridized carbons (Fsp3) is 0.750. The van der Waals surface area contributed by atoms with Crippen LogP contribution >= 0.6 is 23.5 Å². The second kappa shape index (κ2) is 8.49. The number of hydrogen-bond donors (Lipinski definition) is 0. The van der Waals surface area contributed by atoms with Gasteiger partial charge in [-0.2, -0.15) is 0 Å². The Morgan fingerprint density at radius 2 is 2.10 bits per heavy atom. The van der Waals surface area contributed by atoms with Crippen LogP contribution in [0.3, 0.4) is 0 Å². The molecular weight excluding hydrogens is 231 g/mol. The van der Waals surface area contributed by atoms with Gasteiger partial charge in [-0.3, -0.25) is 0 Å². The van der Waals surface area contributed by atoms with Gasteiger partial charge in [-0.25, -0.2) is 0 Å². The zero-order valence-electron chi connectivity index (χ0n) is 6.17. The van der Waals surface area contributed by atoms with Gasteiger partial charge in [0.25, 0.3) is 0 Å². The Kier molecular flexibility index (Phi) is 14.8. The summed E-state index contributed by atoms with van der Waals surface area (Å²) in [6, 6.07) is 0. The minimum Gasteiger partial charge on any atom is -0.778 e. The fourth-order valence-corrected chi connectivity index (χ4v) is 1.89. The van der Waals surface area contributed by atoms with E-state index >= 15 is 0 Å². The Morgan fingerprint density at radius 3 is 2.20 bits per heavy atom. The summed E-state index contributed by atoms with van der Waals surface area (Å²) in [4.78, 5) is 10.4. The fourth-order valence-electron chi connectivity index (χ4n) is 0.195. The van der Waals surface area contributed by atoms with Gasteiger partial charge in [0.15, 0.2) is 0 Å². The molecule has 0 bridgehead atoms. The van der Waals surface area contributed by atoms with Crippen molar-refractivity contribution in [1.29, 1.82) is 0 Å². The standard InChI is InChI=1S/C3H8BrO3P.CH3.Mg/c1-7-8(5,6)3-2-4;;/h2-3H2,1H3,(H,5,6);1H3;/q;-1;+2/p-1. The third-order valence-electron chi connectivity index (χ3n) is 0.637. The van der Waals surface area contributed by atoms with E-state index < -0.39 is 7.60 Å². The molecule has 0 N–H and O–H groups in total. The minimum atomic E-state index is -3.47. The van der Waals surface area contributed by atoms with Crippen molar-refractivity contribution in [2.24, 2.45) is 0 Å². The first-order valence-corrected chi connectivity index (χ1v) is 4.89. The molecule has 0 aliphatic carbocycles. The maximum atomic E-state index is 10.4. The molecule has 0 spiro atoms. The molecule has 0 aromatic carbocycles. The quantitative estimate of drug-likeness (QED) is 0.315. The SMILES string of the molecule is COP(=O)([O-])CCBr.[CH3-].[Mg+2]. The van der Waals surface area contributed by atoms with E-state index in [0.29, 0.717) is 5.33 Å². The zero-order valence-corrected chi connectivity index (χ0v) is 10.1. The van der Waals surface area contributed by atoms with Crippen molar-refractivity contribution in [2.45, 2.75) is 0 Å². The van der Waals surface area contributed by atoms with Gasteiger partial charge >= 0.3 is 23.1 Å². The molecule has 0 saturated carbocycles. The van der Waals surface area contributed by atoms with E-state index in [2.05, 4.69) is 20.5 Å². The molecule has 0 fully saturated rings. The summed E-state index contributed by atoms with van der Waals surface area (Å²) in [6.45, 7) is 0. The number of halogens is 1. The summed E-state index contributed by atoms with van der Waals surface area (Å²) in [7, 11) is -2.31. The molecule has 3 nitrogen and oxygen atoms in total. The van der Waals surface area contributed by atoms with Crippen LogP contribution in [-0.4, -0.2) is 41.7 Å². The summed E-state index contributed by atoms with van der Waals surface area (Å²) >= 11 is 2.97. The van der Waals surface area contributed by atoms with Gasteiger partial charge in [-0.1, -0.05) is 15.9 Å². The van der Waals surface area contributed by atoms with Crippen LogP contribution in [0.15, 0.2) is 0 Å². The van der Waals surface area contributed by atoms with Crippen LogP contribution < -0.4 is 4.89 Å². The van der Waals surface area contributed by atoms with Gasteiger partial charge in [0, 0.05) is 18.6 Å². The van der Waals surface area contributed by atoms with E-state index in [1.807, 2.05) is 0 Å². The van der Waals surface area contributed by atoms with E-state index in [1.165, 1.54) is 0 Å². The second-order valence-corrected chi connectivity index (χ2v) is 4.03. The molecule has 1 unspecified atom stereocenters. The van der Waals surface area contributed by atoms with Crippen molar-refractivity contribution in [2.75, 3.05) is 18.6 Å². The largest absolute Gasteiger partial charge is 2.00 e. The van der Waals surface area contributed by atoms with Crippen LogP contribution in [0.5, 0.6) is 0 Å². The maximum Gasteiger partial charge on any atom is 2.00 e. The van der Waals surface area contributed by atoms with Gasteiger partial charge in [0.1, 0.15) is 7.60 Å². The van der Waals surface area contributed by atoms with E-state index in [0.717, 1.165) is 7.11 Å². The monoisotopic (exact) mass is 240 g/mol. The van der Waals surface area contributed by atoms with Gasteiger partial charge in [0.05, 0.1) is 0 Å². The zero-order chi connectivity index (χ0) is 6.62. The maximum absolute atomic E-state index is 10.4. The molecule has 0 aliphatic rings.